The number of fused-ring (bicyclic) bond motifs is 1. The van der Waals surface area contributed by atoms with Crippen molar-refractivity contribution in [1.29, 1.82) is 0 Å². The average Bonchev–Trinajstić information content (AvgIpc) is 3.17. The fourth-order valence-electron chi connectivity index (χ4n) is 5.40. The van der Waals surface area contributed by atoms with Gasteiger partial charge in [0, 0.05) is 27.7 Å². The summed E-state index contributed by atoms with van der Waals surface area (Å²) in [6, 6.07) is 7.83. The third kappa shape index (κ3) is 2.79. The van der Waals surface area contributed by atoms with Gasteiger partial charge in [-0.15, -0.1) is 0 Å². The van der Waals surface area contributed by atoms with Gasteiger partial charge in [0.25, 0.3) is 11.8 Å². The van der Waals surface area contributed by atoms with E-state index in [1.165, 1.54) is 0 Å². The van der Waals surface area contributed by atoms with Gasteiger partial charge in [-0.25, -0.2) is 0 Å². The van der Waals surface area contributed by atoms with Crippen LogP contribution in [0.5, 0.6) is 0 Å². The molecule has 4 aliphatic rings. The molecule has 1 aromatic heterocycles. The number of rotatable bonds is 3. The average molecular weight is 422 g/mol. The van der Waals surface area contributed by atoms with Crippen molar-refractivity contribution >= 4 is 29.6 Å². The predicted molar refractivity (Wildman–Crippen MR) is 117 cm³/mol. The van der Waals surface area contributed by atoms with Crippen molar-refractivity contribution in [2.45, 2.75) is 33.6 Å². The molecule has 30 heavy (non-hydrogen) atoms. The second-order valence-corrected chi connectivity index (χ2v) is 9.10. The van der Waals surface area contributed by atoms with E-state index in [4.69, 9.17) is 11.6 Å². The molecule has 5 nitrogen and oxygen atoms in total. The number of carbonyl (C=O) groups excluding carboxylic acids is 2. The molecule has 6 heteroatoms. The lowest BCUT2D eigenvalue weighted by atomic mass is 9.63. The first-order valence-corrected chi connectivity index (χ1v) is 10.8. The van der Waals surface area contributed by atoms with Gasteiger partial charge in [0.15, 0.2) is 0 Å². The largest absolute Gasteiger partial charge is 0.318 e. The Morgan fingerprint density at radius 2 is 1.63 bits per heavy atom. The number of imide groups is 1. The fourth-order valence-corrected chi connectivity index (χ4v) is 5.57. The highest BCUT2D eigenvalue weighted by Gasteiger charge is 2.56. The highest BCUT2D eigenvalue weighted by Crippen LogP contribution is 2.49. The number of hydrazone groups is 1. The van der Waals surface area contributed by atoms with Crippen molar-refractivity contribution in [3.63, 3.8) is 0 Å². The first kappa shape index (κ1) is 19.3. The minimum Gasteiger partial charge on any atom is -0.318 e. The quantitative estimate of drug-likeness (QED) is 0.413. The first-order valence-electron chi connectivity index (χ1n) is 10.4. The van der Waals surface area contributed by atoms with Crippen LogP contribution in [-0.4, -0.2) is 27.6 Å². The Morgan fingerprint density at radius 1 is 1.00 bits per heavy atom. The Hall–Kier alpha value is -2.66. The Balaban J connectivity index is 1.47. The SMILES string of the molecule is Cc1ccc(Cl)cc1-n1c(C)cc(/C=N\N2C(=O)[C@H]3[C@H](C2=O)[C@H]2C=C[C@H]3CC2)c1C. The second-order valence-electron chi connectivity index (χ2n) is 8.67. The van der Waals surface area contributed by atoms with Gasteiger partial charge < -0.3 is 4.57 Å². The van der Waals surface area contributed by atoms with Crippen LogP contribution < -0.4 is 0 Å². The van der Waals surface area contributed by atoms with Crippen LogP contribution in [0, 0.1) is 44.4 Å². The van der Waals surface area contributed by atoms with Crippen molar-refractivity contribution in [2.24, 2.45) is 28.8 Å². The molecule has 1 saturated carbocycles. The Kier molecular flexibility index (Phi) is 4.47. The third-order valence-electron chi connectivity index (χ3n) is 6.93. The second kappa shape index (κ2) is 6.95. The van der Waals surface area contributed by atoms with E-state index in [0.717, 1.165) is 46.1 Å². The van der Waals surface area contributed by atoms with Gasteiger partial charge in [-0.1, -0.05) is 29.8 Å². The minimum atomic E-state index is -0.236. The summed E-state index contributed by atoms with van der Waals surface area (Å²) in [5.41, 5.74) is 5.03. The molecule has 2 fully saturated rings. The highest BCUT2D eigenvalue weighted by molar-refractivity contribution is 6.30. The van der Waals surface area contributed by atoms with Crippen LogP contribution in [0.4, 0.5) is 0 Å². The number of benzene rings is 1. The van der Waals surface area contributed by atoms with Gasteiger partial charge in [0.05, 0.1) is 18.1 Å². The molecule has 3 aliphatic carbocycles. The molecule has 1 aromatic carbocycles. The van der Waals surface area contributed by atoms with E-state index in [1.54, 1.807) is 6.21 Å². The summed E-state index contributed by atoms with van der Waals surface area (Å²) in [6.07, 6.45) is 7.85. The number of nitrogens with zero attached hydrogens (tertiary/aromatic N) is 3. The topological polar surface area (TPSA) is 54.7 Å². The fraction of sp³-hybridized carbons (Fsp3) is 0.375. The Bertz CT molecular complexity index is 1100. The van der Waals surface area contributed by atoms with E-state index < -0.39 is 0 Å². The summed E-state index contributed by atoms with van der Waals surface area (Å²) in [6.45, 7) is 6.07. The van der Waals surface area contributed by atoms with Crippen molar-refractivity contribution in [1.82, 2.24) is 9.58 Å². The molecular formula is C24H24ClN3O2. The maximum atomic E-state index is 13.0. The minimum absolute atomic E-state index is 0.153. The Labute approximate surface area is 181 Å². The molecule has 4 atom stereocenters. The number of aryl methyl sites for hydroxylation is 2. The zero-order valence-corrected chi connectivity index (χ0v) is 18.1. The smallest absolute Gasteiger partial charge is 0.254 e. The molecule has 2 heterocycles. The molecule has 1 saturated heterocycles. The molecule has 0 unspecified atom stereocenters. The number of allylic oxidation sites excluding steroid dienone is 2. The van der Waals surface area contributed by atoms with Crippen LogP contribution >= 0.6 is 11.6 Å². The van der Waals surface area contributed by atoms with Crippen molar-refractivity contribution in [3.05, 3.63) is 64.0 Å². The van der Waals surface area contributed by atoms with Crippen molar-refractivity contribution < 1.29 is 9.59 Å². The van der Waals surface area contributed by atoms with Gasteiger partial charge in [0.1, 0.15) is 0 Å². The van der Waals surface area contributed by atoms with E-state index in [2.05, 4.69) is 21.8 Å². The molecule has 2 amide bonds. The summed E-state index contributed by atoms with van der Waals surface area (Å²) in [5, 5.41) is 6.16. The van der Waals surface area contributed by atoms with Crippen LogP contribution in [0.25, 0.3) is 5.69 Å². The van der Waals surface area contributed by atoms with Crippen molar-refractivity contribution in [2.75, 3.05) is 0 Å². The molecule has 0 N–H and O–H groups in total. The van der Waals surface area contributed by atoms with Gasteiger partial charge in [-0.3, -0.25) is 9.59 Å². The molecular weight excluding hydrogens is 398 g/mol. The predicted octanol–water partition coefficient (Wildman–Crippen LogP) is 4.59. The molecule has 0 radical (unpaired) electrons. The highest BCUT2D eigenvalue weighted by atomic mass is 35.5. The summed E-state index contributed by atoms with van der Waals surface area (Å²) in [4.78, 5) is 25.9. The van der Waals surface area contributed by atoms with Gasteiger partial charge >= 0.3 is 0 Å². The zero-order valence-electron chi connectivity index (χ0n) is 17.3. The maximum Gasteiger partial charge on any atom is 0.254 e. The van der Waals surface area contributed by atoms with E-state index in [1.807, 2.05) is 45.0 Å². The van der Waals surface area contributed by atoms with Crippen LogP contribution in [0.3, 0.4) is 0 Å². The lowest BCUT2D eigenvalue weighted by Gasteiger charge is -2.37. The number of aromatic nitrogens is 1. The summed E-state index contributed by atoms with van der Waals surface area (Å²) in [7, 11) is 0. The molecule has 2 bridgehead atoms. The maximum absolute atomic E-state index is 13.0. The molecule has 154 valence electrons. The molecule has 0 spiro atoms. The Morgan fingerprint density at radius 3 is 2.23 bits per heavy atom. The van der Waals surface area contributed by atoms with Gasteiger partial charge in [0.2, 0.25) is 0 Å². The number of hydrogen-bond donors (Lipinski definition) is 0. The van der Waals surface area contributed by atoms with Gasteiger partial charge in [-0.2, -0.15) is 10.1 Å². The van der Waals surface area contributed by atoms with E-state index in [0.29, 0.717) is 5.02 Å². The van der Waals surface area contributed by atoms with Gasteiger partial charge in [-0.05, 0) is 69.2 Å². The molecule has 2 aromatic rings. The molecule has 1 aliphatic heterocycles. The van der Waals surface area contributed by atoms with E-state index in [-0.39, 0.29) is 35.5 Å². The summed E-state index contributed by atoms with van der Waals surface area (Å²) < 4.78 is 2.13. The monoisotopic (exact) mass is 421 g/mol. The van der Waals surface area contributed by atoms with Crippen LogP contribution in [0.15, 0.2) is 41.5 Å². The lowest BCUT2D eigenvalue weighted by molar-refractivity contribution is -0.140. The van der Waals surface area contributed by atoms with E-state index >= 15 is 0 Å². The zero-order chi connectivity index (χ0) is 21.2. The van der Waals surface area contributed by atoms with E-state index in [9.17, 15) is 9.59 Å². The summed E-state index contributed by atoms with van der Waals surface area (Å²) in [5.74, 6) is -0.431. The third-order valence-corrected chi connectivity index (χ3v) is 7.17. The standard InChI is InChI=1S/C24H24ClN3O2/c1-13-4-9-19(25)11-20(13)27-14(2)10-18(15(27)3)12-26-28-23(29)21-16-5-6-17(8-7-16)22(21)24(28)30/h4-6,9-12,16-17,21-22H,7-8H2,1-3H3/b26-12-/t16-,17-,21+,22+/m0/s1. The first-order chi connectivity index (χ1) is 14.4. The van der Waals surface area contributed by atoms with Crippen molar-refractivity contribution in [3.8, 4) is 5.69 Å². The normalized spacial score (nSPS) is 27.5. The van der Waals surface area contributed by atoms with Crippen LogP contribution in [-0.2, 0) is 9.59 Å². The lowest BCUT2D eigenvalue weighted by Crippen LogP contribution is -2.38. The molecule has 6 rings (SSSR count). The number of amides is 2. The number of halogens is 1. The van der Waals surface area contributed by atoms with Crippen LogP contribution in [0.1, 0.15) is 35.4 Å². The number of hydrogen-bond acceptors (Lipinski definition) is 3. The summed E-state index contributed by atoms with van der Waals surface area (Å²) >= 11 is 6.22. The van der Waals surface area contributed by atoms with Crippen LogP contribution in [0.2, 0.25) is 5.02 Å². The number of carbonyl (C=O) groups is 2.